The summed E-state index contributed by atoms with van der Waals surface area (Å²) in [5.74, 6) is 1.10. The van der Waals surface area contributed by atoms with Gasteiger partial charge in [-0.3, -0.25) is 0 Å². The van der Waals surface area contributed by atoms with Gasteiger partial charge < -0.3 is 9.64 Å². The molecule has 1 fully saturated rings. The van der Waals surface area contributed by atoms with Crippen LogP contribution in [0.3, 0.4) is 0 Å². The second-order valence-electron chi connectivity index (χ2n) is 5.95. The third-order valence-electron chi connectivity index (χ3n) is 4.61. The lowest BCUT2D eigenvalue weighted by Crippen LogP contribution is -2.31. The van der Waals surface area contributed by atoms with E-state index >= 15 is 0 Å². The van der Waals surface area contributed by atoms with Crippen LogP contribution in [-0.4, -0.2) is 36.0 Å². The number of alkyl halides is 1. The first-order valence-corrected chi connectivity index (χ1v) is 9.03. The van der Waals surface area contributed by atoms with E-state index in [4.69, 9.17) is 4.74 Å². The van der Waals surface area contributed by atoms with Crippen LogP contribution in [0.25, 0.3) is 0 Å². The number of ether oxygens (including phenoxy) is 1. The van der Waals surface area contributed by atoms with Gasteiger partial charge >= 0.3 is 0 Å². The van der Waals surface area contributed by atoms with Gasteiger partial charge in [0.2, 0.25) is 0 Å². The van der Waals surface area contributed by atoms with Gasteiger partial charge in [-0.2, -0.15) is 0 Å². The normalized spacial score (nSPS) is 21.9. The monoisotopic (exact) mass is 337 g/mol. The van der Waals surface area contributed by atoms with E-state index < -0.39 is 0 Å². The number of rotatable bonds is 6. The Bertz CT molecular complexity index is 449. The third-order valence-corrected chi connectivity index (χ3v) is 5.17. The fourth-order valence-corrected chi connectivity index (χ4v) is 3.82. The number of hydrogen-bond acceptors (Lipinski definition) is 2. The lowest BCUT2D eigenvalue weighted by Gasteiger charge is -2.24. The van der Waals surface area contributed by atoms with E-state index in [0.29, 0.717) is 0 Å². The summed E-state index contributed by atoms with van der Waals surface area (Å²) in [4.78, 5) is 2.70. The van der Waals surface area contributed by atoms with Gasteiger partial charge in [0.05, 0.1) is 6.61 Å². The van der Waals surface area contributed by atoms with Gasteiger partial charge in [-0.05, 0) is 55.8 Å². The van der Waals surface area contributed by atoms with Crippen LogP contribution >= 0.6 is 15.9 Å². The maximum absolute atomic E-state index is 5.58. The summed E-state index contributed by atoms with van der Waals surface area (Å²) < 4.78 is 5.58. The summed E-state index contributed by atoms with van der Waals surface area (Å²) in [6.07, 6.45) is 7.69. The molecule has 1 atom stereocenters. The summed E-state index contributed by atoms with van der Waals surface area (Å²) in [5, 5.41) is 1.14. The Hall–Kier alpha value is -0.540. The van der Waals surface area contributed by atoms with Crippen LogP contribution in [0.4, 0.5) is 0 Å². The highest BCUT2D eigenvalue weighted by atomic mass is 79.9. The molecule has 0 aromatic heterocycles. The molecule has 2 nitrogen and oxygen atoms in total. The Morgan fingerprint density at radius 2 is 2.30 bits per heavy atom. The molecule has 1 aromatic carbocycles. The Morgan fingerprint density at radius 3 is 3.20 bits per heavy atom. The molecule has 110 valence electrons. The zero-order valence-corrected chi connectivity index (χ0v) is 13.7. The van der Waals surface area contributed by atoms with Crippen LogP contribution in [0.1, 0.15) is 36.8 Å². The van der Waals surface area contributed by atoms with Crippen LogP contribution in [-0.2, 0) is 12.8 Å². The number of fused-ring (bicyclic) bond motifs is 1. The van der Waals surface area contributed by atoms with Crippen LogP contribution in [0.15, 0.2) is 18.2 Å². The van der Waals surface area contributed by atoms with E-state index in [9.17, 15) is 0 Å². The minimum absolute atomic E-state index is 0.824. The van der Waals surface area contributed by atoms with Crippen molar-refractivity contribution in [2.45, 2.75) is 44.6 Å². The zero-order chi connectivity index (χ0) is 13.8. The van der Waals surface area contributed by atoms with E-state index in [-0.39, 0.29) is 0 Å². The molecular formula is C17H24BrNO. The predicted octanol–water partition coefficient (Wildman–Crippen LogP) is 3.80. The molecule has 3 heteroatoms. The van der Waals surface area contributed by atoms with E-state index in [1.54, 1.807) is 0 Å². The maximum atomic E-state index is 5.58. The molecule has 0 spiro atoms. The van der Waals surface area contributed by atoms with Gasteiger partial charge in [-0.25, -0.2) is 0 Å². The van der Waals surface area contributed by atoms with Crippen LogP contribution in [0.5, 0.6) is 5.75 Å². The van der Waals surface area contributed by atoms with E-state index in [1.807, 2.05) is 0 Å². The Labute approximate surface area is 130 Å². The highest BCUT2D eigenvalue weighted by Gasteiger charge is 2.23. The van der Waals surface area contributed by atoms with Crippen molar-refractivity contribution >= 4 is 15.9 Å². The van der Waals surface area contributed by atoms with Crippen molar-refractivity contribution < 1.29 is 4.74 Å². The van der Waals surface area contributed by atoms with Crippen molar-refractivity contribution in [1.29, 1.82) is 0 Å². The highest BCUT2D eigenvalue weighted by molar-refractivity contribution is 9.09. The van der Waals surface area contributed by atoms with Crippen molar-refractivity contribution in [1.82, 2.24) is 4.90 Å². The molecule has 0 saturated carbocycles. The quantitative estimate of drug-likeness (QED) is 0.732. The molecule has 2 aliphatic rings. The maximum Gasteiger partial charge on any atom is 0.122 e. The minimum atomic E-state index is 0.824. The Balaban J connectivity index is 1.53. The average Bonchev–Trinajstić information content (AvgIpc) is 3.11. The molecule has 0 radical (unpaired) electrons. The fourth-order valence-electron chi connectivity index (χ4n) is 3.50. The number of benzene rings is 1. The standard InChI is InChI=1S/C17H24BrNO/c18-9-1-3-16-4-2-10-19(16)11-7-14-5-6-17-15(13-14)8-12-20-17/h5-6,13,16H,1-4,7-12H2. The largest absolute Gasteiger partial charge is 0.493 e. The van der Waals surface area contributed by atoms with E-state index in [2.05, 4.69) is 39.0 Å². The first kappa shape index (κ1) is 14.4. The zero-order valence-electron chi connectivity index (χ0n) is 12.1. The van der Waals surface area contributed by atoms with Gasteiger partial charge in [0.1, 0.15) is 5.75 Å². The second kappa shape index (κ2) is 6.95. The van der Waals surface area contributed by atoms with Crippen LogP contribution < -0.4 is 4.74 Å². The molecule has 20 heavy (non-hydrogen) atoms. The fraction of sp³-hybridized carbons (Fsp3) is 0.647. The summed E-state index contributed by atoms with van der Waals surface area (Å²) >= 11 is 3.55. The highest BCUT2D eigenvalue weighted by Crippen LogP contribution is 2.27. The number of likely N-dealkylation sites (tertiary alicyclic amines) is 1. The summed E-state index contributed by atoms with van der Waals surface area (Å²) in [6, 6.07) is 7.58. The Kier molecular flexibility index (Phi) is 5.00. The van der Waals surface area contributed by atoms with Crippen molar-refractivity contribution in [3.05, 3.63) is 29.3 Å². The van der Waals surface area contributed by atoms with E-state index in [1.165, 1.54) is 56.3 Å². The lowest BCUT2D eigenvalue weighted by atomic mass is 10.1. The van der Waals surface area contributed by atoms with Crippen molar-refractivity contribution in [2.24, 2.45) is 0 Å². The smallest absolute Gasteiger partial charge is 0.122 e. The summed E-state index contributed by atoms with van der Waals surface area (Å²) in [5.41, 5.74) is 2.88. The first-order valence-electron chi connectivity index (χ1n) is 7.91. The van der Waals surface area contributed by atoms with Gasteiger partial charge in [-0.1, -0.05) is 28.1 Å². The Morgan fingerprint density at radius 1 is 1.35 bits per heavy atom. The van der Waals surface area contributed by atoms with Crippen molar-refractivity contribution in [3.63, 3.8) is 0 Å². The number of nitrogens with zero attached hydrogens (tertiary/aromatic N) is 1. The molecule has 2 aliphatic heterocycles. The first-order chi connectivity index (χ1) is 9.86. The molecule has 1 unspecified atom stereocenters. The number of halogens is 1. The van der Waals surface area contributed by atoms with Crippen molar-refractivity contribution in [2.75, 3.05) is 25.0 Å². The van der Waals surface area contributed by atoms with Gasteiger partial charge in [0, 0.05) is 24.3 Å². The van der Waals surface area contributed by atoms with Gasteiger partial charge in [-0.15, -0.1) is 0 Å². The molecule has 0 bridgehead atoms. The lowest BCUT2D eigenvalue weighted by molar-refractivity contribution is 0.245. The number of hydrogen-bond donors (Lipinski definition) is 0. The molecule has 1 saturated heterocycles. The van der Waals surface area contributed by atoms with Gasteiger partial charge in [0.15, 0.2) is 0 Å². The SMILES string of the molecule is BrCCCC1CCCN1CCc1ccc2c(c1)CCO2. The summed E-state index contributed by atoms with van der Waals surface area (Å²) in [6.45, 7) is 3.37. The topological polar surface area (TPSA) is 12.5 Å². The minimum Gasteiger partial charge on any atom is -0.493 e. The molecule has 3 rings (SSSR count). The van der Waals surface area contributed by atoms with Crippen LogP contribution in [0.2, 0.25) is 0 Å². The third kappa shape index (κ3) is 3.37. The van der Waals surface area contributed by atoms with Crippen LogP contribution in [0, 0.1) is 0 Å². The molecule has 0 aliphatic carbocycles. The second-order valence-corrected chi connectivity index (χ2v) is 6.75. The molecule has 1 aromatic rings. The predicted molar refractivity (Wildman–Crippen MR) is 87.0 cm³/mol. The van der Waals surface area contributed by atoms with Crippen molar-refractivity contribution in [3.8, 4) is 5.75 Å². The van der Waals surface area contributed by atoms with Gasteiger partial charge in [0.25, 0.3) is 0 Å². The molecular weight excluding hydrogens is 314 g/mol. The van der Waals surface area contributed by atoms with E-state index in [0.717, 1.165) is 30.1 Å². The average molecular weight is 338 g/mol. The summed E-state index contributed by atoms with van der Waals surface area (Å²) in [7, 11) is 0. The molecule has 0 amide bonds. The molecule has 2 heterocycles. The molecule has 0 N–H and O–H groups in total.